The van der Waals surface area contributed by atoms with Crippen LogP contribution < -0.4 is 5.73 Å². The molecule has 0 aliphatic heterocycles. The molecule has 0 radical (unpaired) electrons. The number of hydrogen-bond donors (Lipinski definition) is 1. The number of rotatable bonds is 1. The predicted molar refractivity (Wildman–Crippen MR) is 56.2 cm³/mol. The van der Waals surface area contributed by atoms with Crippen molar-refractivity contribution in [3.8, 4) is 11.1 Å². The Morgan fingerprint density at radius 1 is 0.933 bits per heavy atom. The summed E-state index contributed by atoms with van der Waals surface area (Å²) in [6, 6.07) is 10.2. The molecule has 0 fully saturated rings. The van der Waals surface area contributed by atoms with E-state index in [1.165, 1.54) is 18.2 Å². The van der Waals surface area contributed by atoms with Gasteiger partial charge in [0.15, 0.2) is 0 Å². The first-order valence-corrected chi connectivity index (χ1v) is 4.48. The van der Waals surface area contributed by atoms with Gasteiger partial charge in [-0.25, -0.2) is 8.78 Å². The molecular formula is C12H9F2N. The quantitative estimate of drug-likeness (QED) is 0.711. The van der Waals surface area contributed by atoms with E-state index in [9.17, 15) is 8.78 Å². The molecule has 0 spiro atoms. The molecule has 0 aromatic heterocycles. The van der Waals surface area contributed by atoms with Crippen LogP contribution >= 0.6 is 0 Å². The molecule has 0 atom stereocenters. The molecule has 0 saturated heterocycles. The summed E-state index contributed by atoms with van der Waals surface area (Å²) in [6.45, 7) is 0. The van der Waals surface area contributed by atoms with Gasteiger partial charge in [0.25, 0.3) is 0 Å². The van der Waals surface area contributed by atoms with E-state index in [1.54, 1.807) is 24.3 Å². The number of nitrogens with two attached hydrogens (primary N) is 1. The van der Waals surface area contributed by atoms with Gasteiger partial charge in [0.2, 0.25) is 0 Å². The predicted octanol–water partition coefficient (Wildman–Crippen LogP) is 3.21. The van der Waals surface area contributed by atoms with Gasteiger partial charge in [-0.1, -0.05) is 18.2 Å². The highest BCUT2D eigenvalue weighted by Gasteiger charge is 2.05. The summed E-state index contributed by atoms with van der Waals surface area (Å²) < 4.78 is 26.4. The molecule has 0 aliphatic carbocycles. The second-order valence-corrected chi connectivity index (χ2v) is 3.25. The van der Waals surface area contributed by atoms with Gasteiger partial charge in [-0.15, -0.1) is 0 Å². The number of benzene rings is 2. The zero-order valence-corrected chi connectivity index (χ0v) is 7.87. The van der Waals surface area contributed by atoms with Crippen molar-refractivity contribution in [1.29, 1.82) is 0 Å². The maximum absolute atomic E-state index is 13.4. The lowest BCUT2D eigenvalue weighted by molar-refractivity contribution is 0.625. The number of hydrogen-bond acceptors (Lipinski definition) is 1. The van der Waals surface area contributed by atoms with Gasteiger partial charge >= 0.3 is 0 Å². The summed E-state index contributed by atoms with van der Waals surface area (Å²) in [7, 11) is 0. The van der Waals surface area contributed by atoms with Gasteiger partial charge < -0.3 is 5.73 Å². The monoisotopic (exact) mass is 205 g/mol. The largest absolute Gasteiger partial charge is 0.399 e. The fourth-order valence-electron chi connectivity index (χ4n) is 1.46. The Labute approximate surface area is 86.2 Å². The van der Waals surface area contributed by atoms with Crippen molar-refractivity contribution in [2.45, 2.75) is 0 Å². The first-order chi connectivity index (χ1) is 7.16. The average Bonchev–Trinajstić information content (AvgIpc) is 2.16. The smallest absolute Gasteiger partial charge is 0.131 e. The van der Waals surface area contributed by atoms with Gasteiger partial charge in [-0.05, 0) is 29.8 Å². The molecule has 0 saturated carbocycles. The molecule has 2 rings (SSSR count). The summed E-state index contributed by atoms with van der Waals surface area (Å²) >= 11 is 0. The summed E-state index contributed by atoms with van der Waals surface area (Å²) in [5.74, 6) is -0.851. The van der Waals surface area contributed by atoms with Crippen molar-refractivity contribution in [3.63, 3.8) is 0 Å². The van der Waals surface area contributed by atoms with Crippen LogP contribution in [0.15, 0.2) is 42.5 Å². The summed E-state index contributed by atoms with van der Waals surface area (Å²) in [6.07, 6.45) is 0. The summed E-state index contributed by atoms with van der Waals surface area (Å²) in [5, 5.41) is 0. The number of nitrogen functional groups attached to an aromatic ring is 1. The van der Waals surface area contributed by atoms with Crippen LogP contribution in [0.4, 0.5) is 14.5 Å². The third-order valence-corrected chi connectivity index (χ3v) is 2.10. The molecular weight excluding hydrogens is 196 g/mol. The maximum atomic E-state index is 13.4. The Hall–Kier alpha value is -1.90. The highest BCUT2D eigenvalue weighted by atomic mass is 19.1. The van der Waals surface area contributed by atoms with Gasteiger partial charge in [0.1, 0.15) is 11.6 Å². The zero-order chi connectivity index (χ0) is 10.8. The molecule has 76 valence electrons. The van der Waals surface area contributed by atoms with Crippen LogP contribution in [-0.4, -0.2) is 0 Å². The van der Waals surface area contributed by atoms with E-state index in [2.05, 4.69) is 0 Å². The molecule has 0 heterocycles. The van der Waals surface area contributed by atoms with Crippen LogP contribution in [0.2, 0.25) is 0 Å². The molecule has 0 aliphatic rings. The van der Waals surface area contributed by atoms with Crippen LogP contribution in [0.1, 0.15) is 0 Å². The van der Waals surface area contributed by atoms with Gasteiger partial charge in [0, 0.05) is 11.3 Å². The van der Waals surface area contributed by atoms with Crippen molar-refractivity contribution in [2.75, 3.05) is 5.73 Å². The van der Waals surface area contributed by atoms with E-state index in [-0.39, 0.29) is 11.5 Å². The van der Waals surface area contributed by atoms with Gasteiger partial charge in [-0.3, -0.25) is 0 Å². The van der Waals surface area contributed by atoms with E-state index >= 15 is 0 Å². The van der Waals surface area contributed by atoms with Crippen LogP contribution in [0.25, 0.3) is 11.1 Å². The first kappa shape index (κ1) is 9.65. The Kier molecular flexibility index (Phi) is 2.37. The minimum Gasteiger partial charge on any atom is -0.399 e. The maximum Gasteiger partial charge on any atom is 0.131 e. The van der Waals surface area contributed by atoms with Crippen LogP contribution in [0, 0.1) is 11.6 Å². The Balaban J connectivity index is 2.59. The van der Waals surface area contributed by atoms with Crippen molar-refractivity contribution in [1.82, 2.24) is 0 Å². The van der Waals surface area contributed by atoms with Crippen LogP contribution in [-0.2, 0) is 0 Å². The van der Waals surface area contributed by atoms with Crippen molar-refractivity contribution >= 4 is 5.69 Å². The molecule has 2 N–H and O–H groups in total. The molecule has 2 aromatic rings. The van der Waals surface area contributed by atoms with Crippen molar-refractivity contribution < 1.29 is 8.78 Å². The fraction of sp³-hybridized carbons (Fsp3) is 0. The van der Waals surface area contributed by atoms with Crippen LogP contribution in [0.3, 0.4) is 0 Å². The molecule has 15 heavy (non-hydrogen) atoms. The minimum absolute atomic E-state index is 0.285. The van der Waals surface area contributed by atoms with Crippen LogP contribution in [0.5, 0.6) is 0 Å². The Morgan fingerprint density at radius 2 is 1.67 bits per heavy atom. The summed E-state index contributed by atoms with van der Waals surface area (Å²) in [5.41, 5.74) is 6.57. The molecule has 0 unspecified atom stereocenters. The standard InChI is InChI=1S/C12H9F2N/c13-9-5-8(6-10(15)7-9)11-3-1-2-4-12(11)14/h1-7H,15H2. The molecule has 1 nitrogen and oxygen atoms in total. The van der Waals surface area contributed by atoms with Crippen molar-refractivity contribution in [2.24, 2.45) is 0 Å². The second-order valence-electron chi connectivity index (χ2n) is 3.25. The van der Waals surface area contributed by atoms with Crippen molar-refractivity contribution in [3.05, 3.63) is 54.1 Å². The van der Waals surface area contributed by atoms with Gasteiger partial charge in [0.05, 0.1) is 0 Å². The lowest BCUT2D eigenvalue weighted by Crippen LogP contribution is -1.90. The Morgan fingerprint density at radius 3 is 2.33 bits per heavy atom. The SMILES string of the molecule is Nc1cc(F)cc(-c2ccccc2F)c1. The average molecular weight is 205 g/mol. The summed E-state index contributed by atoms with van der Waals surface area (Å²) in [4.78, 5) is 0. The third-order valence-electron chi connectivity index (χ3n) is 2.10. The van der Waals surface area contributed by atoms with E-state index in [0.29, 0.717) is 11.1 Å². The fourth-order valence-corrected chi connectivity index (χ4v) is 1.46. The number of halogens is 2. The lowest BCUT2D eigenvalue weighted by Gasteiger charge is -2.04. The van der Waals surface area contributed by atoms with E-state index in [4.69, 9.17) is 5.73 Å². The van der Waals surface area contributed by atoms with E-state index < -0.39 is 5.82 Å². The van der Waals surface area contributed by atoms with E-state index in [1.807, 2.05) is 0 Å². The van der Waals surface area contributed by atoms with Gasteiger partial charge in [-0.2, -0.15) is 0 Å². The minimum atomic E-state index is -0.465. The molecule has 2 aromatic carbocycles. The highest BCUT2D eigenvalue weighted by molar-refractivity contribution is 5.67. The highest BCUT2D eigenvalue weighted by Crippen LogP contribution is 2.25. The Bertz CT molecular complexity index is 474. The van der Waals surface area contributed by atoms with E-state index in [0.717, 1.165) is 0 Å². The zero-order valence-electron chi connectivity index (χ0n) is 7.87. The lowest BCUT2D eigenvalue weighted by atomic mass is 10.0. The second kappa shape index (κ2) is 3.69. The number of anilines is 1. The topological polar surface area (TPSA) is 26.0 Å². The first-order valence-electron chi connectivity index (χ1n) is 4.48. The third kappa shape index (κ3) is 1.96. The molecule has 0 bridgehead atoms. The molecule has 0 amide bonds. The molecule has 3 heteroatoms. The normalized spacial score (nSPS) is 10.3.